The lowest BCUT2D eigenvalue weighted by atomic mass is 10.0. The predicted octanol–water partition coefficient (Wildman–Crippen LogP) is 3.17. The van der Waals surface area contributed by atoms with E-state index in [9.17, 15) is 5.11 Å². The SMILES string of the molecule is CCOCCC(O)Cc1ccc2ccccc2c1. The third kappa shape index (κ3) is 3.56. The second-order valence-corrected chi connectivity index (χ2v) is 4.53. The fraction of sp³-hybridized carbons (Fsp3) is 0.375. The molecule has 0 amide bonds. The first-order valence-corrected chi connectivity index (χ1v) is 6.53. The highest BCUT2D eigenvalue weighted by molar-refractivity contribution is 5.82. The fourth-order valence-electron chi connectivity index (χ4n) is 2.10. The summed E-state index contributed by atoms with van der Waals surface area (Å²) in [6.07, 6.45) is 1.07. The number of aliphatic hydroxyl groups excluding tert-OH is 1. The molecule has 1 N–H and O–H groups in total. The van der Waals surface area contributed by atoms with Gasteiger partial charge in [0.05, 0.1) is 6.10 Å². The number of hydrogen-bond acceptors (Lipinski definition) is 2. The highest BCUT2D eigenvalue weighted by Crippen LogP contribution is 2.17. The molecule has 0 heterocycles. The summed E-state index contributed by atoms with van der Waals surface area (Å²) < 4.78 is 5.25. The summed E-state index contributed by atoms with van der Waals surface area (Å²) in [7, 11) is 0. The lowest BCUT2D eigenvalue weighted by Gasteiger charge is -2.11. The molecular formula is C16H20O2. The molecule has 18 heavy (non-hydrogen) atoms. The van der Waals surface area contributed by atoms with Crippen LogP contribution < -0.4 is 0 Å². The molecule has 2 heteroatoms. The van der Waals surface area contributed by atoms with E-state index in [0.29, 0.717) is 26.1 Å². The van der Waals surface area contributed by atoms with Gasteiger partial charge in [-0.05, 0) is 36.1 Å². The highest BCUT2D eigenvalue weighted by atomic mass is 16.5. The van der Waals surface area contributed by atoms with Crippen LogP contribution in [0.2, 0.25) is 0 Å². The quantitative estimate of drug-likeness (QED) is 0.791. The fourth-order valence-corrected chi connectivity index (χ4v) is 2.10. The standard InChI is InChI=1S/C16H20O2/c1-2-18-10-9-16(17)12-13-7-8-14-5-3-4-6-15(14)11-13/h3-8,11,16-17H,2,9-10,12H2,1H3. The van der Waals surface area contributed by atoms with Gasteiger partial charge in [-0.1, -0.05) is 42.5 Å². The molecule has 2 nitrogen and oxygen atoms in total. The van der Waals surface area contributed by atoms with E-state index in [0.717, 1.165) is 0 Å². The number of ether oxygens (including phenoxy) is 1. The van der Waals surface area contributed by atoms with Crippen LogP contribution >= 0.6 is 0 Å². The number of rotatable bonds is 6. The summed E-state index contributed by atoms with van der Waals surface area (Å²) >= 11 is 0. The summed E-state index contributed by atoms with van der Waals surface area (Å²) in [5.74, 6) is 0. The van der Waals surface area contributed by atoms with Crippen LogP contribution in [0.1, 0.15) is 18.9 Å². The van der Waals surface area contributed by atoms with Gasteiger partial charge in [0.25, 0.3) is 0 Å². The lowest BCUT2D eigenvalue weighted by Crippen LogP contribution is -2.13. The summed E-state index contributed by atoms with van der Waals surface area (Å²) in [6, 6.07) is 14.6. The predicted molar refractivity (Wildman–Crippen MR) is 74.8 cm³/mol. The monoisotopic (exact) mass is 244 g/mol. The smallest absolute Gasteiger partial charge is 0.0602 e. The largest absolute Gasteiger partial charge is 0.393 e. The molecule has 1 unspecified atom stereocenters. The molecule has 0 aliphatic heterocycles. The van der Waals surface area contributed by atoms with E-state index < -0.39 is 0 Å². The Kier molecular flexibility index (Phi) is 4.73. The summed E-state index contributed by atoms with van der Waals surface area (Å²) in [4.78, 5) is 0. The Morgan fingerprint density at radius 1 is 1.11 bits per heavy atom. The van der Waals surface area contributed by atoms with Gasteiger partial charge in [-0.15, -0.1) is 0 Å². The normalized spacial score (nSPS) is 12.8. The minimum absolute atomic E-state index is 0.322. The summed E-state index contributed by atoms with van der Waals surface area (Å²) in [5.41, 5.74) is 1.18. The van der Waals surface area contributed by atoms with Crippen LogP contribution in [0.3, 0.4) is 0 Å². The van der Waals surface area contributed by atoms with Crippen LogP contribution in [-0.4, -0.2) is 24.4 Å². The van der Waals surface area contributed by atoms with Crippen molar-refractivity contribution in [3.05, 3.63) is 48.0 Å². The maximum Gasteiger partial charge on any atom is 0.0602 e. The highest BCUT2D eigenvalue weighted by Gasteiger charge is 2.06. The maximum atomic E-state index is 9.92. The van der Waals surface area contributed by atoms with E-state index in [1.54, 1.807) is 0 Å². The van der Waals surface area contributed by atoms with Crippen molar-refractivity contribution in [2.24, 2.45) is 0 Å². The van der Waals surface area contributed by atoms with Crippen molar-refractivity contribution in [2.45, 2.75) is 25.9 Å². The van der Waals surface area contributed by atoms with E-state index in [2.05, 4.69) is 30.3 Å². The molecule has 0 saturated heterocycles. The van der Waals surface area contributed by atoms with Gasteiger partial charge in [-0.3, -0.25) is 0 Å². The molecule has 2 rings (SSSR count). The van der Waals surface area contributed by atoms with E-state index in [1.165, 1.54) is 16.3 Å². The summed E-state index contributed by atoms with van der Waals surface area (Å²) in [5, 5.41) is 12.4. The van der Waals surface area contributed by atoms with Crippen molar-refractivity contribution in [2.75, 3.05) is 13.2 Å². The average molecular weight is 244 g/mol. The van der Waals surface area contributed by atoms with Gasteiger partial charge < -0.3 is 9.84 Å². The lowest BCUT2D eigenvalue weighted by molar-refractivity contribution is 0.0887. The van der Waals surface area contributed by atoms with Crippen LogP contribution in [0, 0.1) is 0 Å². The molecule has 0 aliphatic carbocycles. The minimum Gasteiger partial charge on any atom is -0.393 e. The zero-order chi connectivity index (χ0) is 12.8. The van der Waals surface area contributed by atoms with Gasteiger partial charge in [0.1, 0.15) is 0 Å². The maximum absolute atomic E-state index is 9.92. The minimum atomic E-state index is -0.322. The first kappa shape index (κ1) is 13.1. The molecule has 0 radical (unpaired) electrons. The van der Waals surface area contributed by atoms with Gasteiger partial charge in [-0.25, -0.2) is 0 Å². The van der Waals surface area contributed by atoms with Crippen molar-refractivity contribution in [3.63, 3.8) is 0 Å². The molecule has 0 bridgehead atoms. The molecule has 0 aliphatic rings. The molecule has 1 atom stereocenters. The van der Waals surface area contributed by atoms with Crippen molar-refractivity contribution in [3.8, 4) is 0 Å². The number of benzene rings is 2. The molecule has 2 aromatic rings. The van der Waals surface area contributed by atoms with Crippen LogP contribution in [0.15, 0.2) is 42.5 Å². The van der Waals surface area contributed by atoms with E-state index >= 15 is 0 Å². The van der Waals surface area contributed by atoms with E-state index in [1.807, 2.05) is 19.1 Å². The van der Waals surface area contributed by atoms with Crippen molar-refractivity contribution >= 4 is 10.8 Å². The zero-order valence-electron chi connectivity index (χ0n) is 10.8. The molecule has 0 spiro atoms. The Morgan fingerprint density at radius 3 is 2.67 bits per heavy atom. The van der Waals surface area contributed by atoms with Crippen LogP contribution in [0.5, 0.6) is 0 Å². The third-order valence-corrected chi connectivity index (χ3v) is 3.08. The van der Waals surface area contributed by atoms with Crippen molar-refractivity contribution in [1.29, 1.82) is 0 Å². The van der Waals surface area contributed by atoms with Gasteiger partial charge in [0, 0.05) is 13.2 Å². The van der Waals surface area contributed by atoms with Gasteiger partial charge in [-0.2, -0.15) is 0 Å². The van der Waals surface area contributed by atoms with Crippen molar-refractivity contribution < 1.29 is 9.84 Å². The topological polar surface area (TPSA) is 29.5 Å². The Bertz CT molecular complexity index is 493. The van der Waals surface area contributed by atoms with Gasteiger partial charge in [0.15, 0.2) is 0 Å². The van der Waals surface area contributed by atoms with Gasteiger partial charge >= 0.3 is 0 Å². The Hall–Kier alpha value is -1.38. The summed E-state index contributed by atoms with van der Waals surface area (Å²) in [6.45, 7) is 3.31. The molecular weight excluding hydrogens is 224 g/mol. The third-order valence-electron chi connectivity index (χ3n) is 3.08. The van der Waals surface area contributed by atoms with Crippen molar-refractivity contribution in [1.82, 2.24) is 0 Å². The molecule has 0 saturated carbocycles. The molecule has 0 aromatic heterocycles. The zero-order valence-corrected chi connectivity index (χ0v) is 10.8. The number of fused-ring (bicyclic) bond motifs is 1. The van der Waals surface area contributed by atoms with Gasteiger partial charge in [0.2, 0.25) is 0 Å². The second kappa shape index (κ2) is 6.53. The first-order valence-electron chi connectivity index (χ1n) is 6.53. The van der Waals surface area contributed by atoms with E-state index in [4.69, 9.17) is 4.74 Å². The van der Waals surface area contributed by atoms with E-state index in [-0.39, 0.29) is 6.10 Å². The first-order chi connectivity index (χ1) is 8.79. The Morgan fingerprint density at radius 2 is 1.89 bits per heavy atom. The van der Waals surface area contributed by atoms with Crippen LogP contribution in [0.25, 0.3) is 10.8 Å². The Labute approximate surface area is 108 Å². The number of hydrogen-bond donors (Lipinski definition) is 1. The molecule has 96 valence electrons. The Balaban J connectivity index is 1.98. The number of aliphatic hydroxyl groups is 1. The van der Waals surface area contributed by atoms with Crippen LogP contribution in [0.4, 0.5) is 0 Å². The molecule has 2 aromatic carbocycles. The average Bonchev–Trinajstić information content (AvgIpc) is 2.39. The van der Waals surface area contributed by atoms with Crippen LogP contribution in [-0.2, 0) is 11.2 Å². The second-order valence-electron chi connectivity index (χ2n) is 4.53. The molecule has 0 fully saturated rings.